The number of carboxylic acid groups (broad SMARTS) is 1. The van der Waals surface area contributed by atoms with Gasteiger partial charge in [0.05, 0.1) is 11.1 Å². The lowest BCUT2D eigenvalue weighted by Gasteiger charge is -2.27. The standard InChI is InChI=1S/C18H13NO7/c20-15(9-5-6-12-13(7-9)26-8-25-12)14(18(23)24)19-16(21)10-3-1-2-4-11(10)17(19)22/h1-7,14-15,20H,8H2,(H,23,24)/t14-,15-/m0/s1/i15+2. The average Bonchev–Trinajstić information content (AvgIpc) is 3.20. The molecule has 2 heterocycles. The van der Waals surface area contributed by atoms with E-state index in [4.69, 9.17) is 9.47 Å². The van der Waals surface area contributed by atoms with Crippen molar-refractivity contribution in [3.63, 3.8) is 0 Å². The third kappa shape index (κ3) is 2.31. The van der Waals surface area contributed by atoms with Crippen molar-refractivity contribution < 1.29 is 34.1 Å². The first-order valence-corrected chi connectivity index (χ1v) is 7.76. The number of aliphatic hydroxyl groups excluding tert-OH is 1. The van der Waals surface area contributed by atoms with Crippen LogP contribution in [0.25, 0.3) is 0 Å². The molecule has 2 aromatic carbocycles. The molecule has 2 aliphatic heterocycles. The lowest BCUT2D eigenvalue weighted by molar-refractivity contribution is -0.145. The maximum atomic E-state index is 12.6. The molecule has 4 rings (SSSR count). The summed E-state index contributed by atoms with van der Waals surface area (Å²) in [5, 5.41) is 20.2. The van der Waals surface area contributed by atoms with E-state index in [1.165, 1.54) is 30.3 Å². The van der Waals surface area contributed by atoms with Gasteiger partial charge in [-0.15, -0.1) is 0 Å². The van der Waals surface area contributed by atoms with Gasteiger partial charge >= 0.3 is 5.97 Å². The Balaban J connectivity index is 1.72. The molecule has 0 radical (unpaired) electrons. The van der Waals surface area contributed by atoms with Gasteiger partial charge in [0.25, 0.3) is 11.8 Å². The summed E-state index contributed by atoms with van der Waals surface area (Å²) in [5.41, 5.74) is 0.418. The van der Waals surface area contributed by atoms with E-state index >= 15 is 0 Å². The molecule has 2 N–H and O–H groups in total. The molecule has 0 unspecified atom stereocenters. The van der Waals surface area contributed by atoms with Crippen molar-refractivity contribution in [2.24, 2.45) is 0 Å². The van der Waals surface area contributed by atoms with Crippen molar-refractivity contribution in [2.75, 3.05) is 6.79 Å². The van der Waals surface area contributed by atoms with Crippen molar-refractivity contribution in [1.29, 1.82) is 0 Å². The minimum absolute atomic E-state index is 0.0235. The second kappa shape index (κ2) is 5.85. The highest BCUT2D eigenvalue weighted by molar-refractivity contribution is 6.22. The predicted molar refractivity (Wildman–Crippen MR) is 85.9 cm³/mol. The van der Waals surface area contributed by atoms with E-state index in [2.05, 4.69) is 0 Å². The molecule has 0 saturated carbocycles. The molecular weight excluding hydrogens is 344 g/mol. The highest BCUT2D eigenvalue weighted by Crippen LogP contribution is 2.36. The quantitative estimate of drug-likeness (QED) is 0.790. The third-order valence-electron chi connectivity index (χ3n) is 4.39. The maximum absolute atomic E-state index is 12.6. The van der Waals surface area contributed by atoms with Gasteiger partial charge in [0.15, 0.2) is 17.5 Å². The van der Waals surface area contributed by atoms with Gasteiger partial charge in [-0.3, -0.25) is 14.5 Å². The summed E-state index contributed by atoms with van der Waals surface area (Å²) in [5.74, 6) is -2.18. The molecule has 0 saturated heterocycles. The Morgan fingerprint density at radius 2 is 1.65 bits per heavy atom. The Morgan fingerprint density at radius 3 is 2.27 bits per heavy atom. The van der Waals surface area contributed by atoms with E-state index in [0.29, 0.717) is 16.4 Å². The first-order chi connectivity index (χ1) is 12.5. The molecule has 0 aromatic heterocycles. The summed E-state index contributed by atoms with van der Waals surface area (Å²) >= 11 is 0. The smallest absolute Gasteiger partial charge is 0.330 e. The second-order valence-corrected chi connectivity index (χ2v) is 5.87. The van der Waals surface area contributed by atoms with Crippen LogP contribution in [0.4, 0.5) is 0 Å². The molecule has 0 bridgehead atoms. The highest BCUT2D eigenvalue weighted by atomic mass is 16.7. The molecule has 2 aromatic rings. The minimum Gasteiger partial charge on any atom is -0.480 e. The number of imide groups is 1. The first kappa shape index (κ1) is 16.1. The Kier molecular flexibility index (Phi) is 3.62. The normalized spacial score (nSPS) is 17.2. The van der Waals surface area contributed by atoms with E-state index in [0.717, 1.165) is 0 Å². The lowest BCUT2D eigenvalue weighted by Crippen LogP contribution is -2.48. The summed E-state index contributed by atoms with van der Waals surface area (Å²) < 4.78 is 10.4. The van der Waals surface area contributed by atoms with Crippen LogP contribution in [-0.2, 0) is 4.79 Å². The number of ether oxygens (including phenoxy) is 2. The monoisotopic (exact) mass is 357 g/mol. The summed E-state index contributed by atoms with van der Waals surface area (Å²) in [6.45, 7) is 0.0235. The molecule has 132 valence electrons. The molecule has 0 spiro atoms. The topological polar surface area (TPSA) is 113 Å². The van der Waals surface area contributed by atoms with E-state index in [-0.39, 0.29) is 23.5 Å². The molecule has 0 fully saturated rings. The zero-order valence-corrected chi connectivity index (χ0v) is 13.3. The second-order valence-electron chi connectivity index (χ2n) is 5.87. The molecule has 0 aliphatic carbocycles. The van der Waals surface area contributed by atoms with Crippen LogP contribution >= 0.6 is 0 Å². The number of aliphatic hydroxyl groups is 1. The van der Waals surface area contributed by atoms with Crippen molar-refractivity contribution in [2.45, 2.75) is 12.1 Å². The average molecular weight is 357 g/mol. The number of hydrogen-bond acceptors (Lipinski definition) is 6. The zero-order chi connectivity index (χ0) is 18.4. The van der Waals surface area contributed by atoms with Gasteiger partial charge in [-0.2, -0.15) is 0 Å². The van der Waals surface area contributed by atoms with Crippen molar-refractivity contribution in [3.05, 3.63) is 59.2 Å². The summed E-state index contributed by atoms with van der Waals surface area (Å²) in [4.78, 5) is 37.5. The number of carbonyl (C=O) groups excluding carboxylic acids is 2. The van der Waals surface area contributed by atoms with Crippen LogP contribution in [0.15, 0.2) is 42.5 Å². The van der Waals surface area contributed by atoms with Gasteiger partial charge in [-0.25, -0.2) is 4.79 Å². The SMILES string of the molecule is O=C(O)[C@H]([14C@@H](O)c1ccc2c(c1)OCO2)N1C(=O)c2ccccc2C1=O. The highest BCUT2D eigenvalue weighted by Gasteiger charge is 2.46. The van der Waals surface area contributed by atoms with Crippen LogP contribution in [0.1, 0.15) is 32.4 Å². The number of aliphatic carboxylic acids is 1. The maximum Gasteiger partial charge on any atom is 0.330 e. The number of amides is 2. The zero-order valence-electron chi connectivity index (χ0n) is 13.3. The van der Waals surface area contributed by atoms with Gasteiger partial charge in [0.1, 0.15) is 6.10 Å². The van der Waals surface area contributed by atoms with Gasteiger partial charge < -0.3 is 19.7 Å². The summed E-state index contributed by atoms with van der Waals surface area (Å²) in [6.07, 6.45) is -1.63. The van der Waals surface area contributed by atoms with Crippen molar-refractivity contribution in [3.8, 4) is 11.5 Å². The molecular formula is C18H13NO7. The third-order valence-corrected chi connectivity index (χ3v) is 4.39. The van der Waals surface area contributed by atoms with Crippen LogP contribution in [0.2, 0.25) is 0 Å². The molecule has 26 heavy (non-hydrogen) atoms. The van der Waals surface area contributed by atoms with E-state index < -0.39 is 29.9 Å². The van der Waals surface area contributed by atoms with Crippen LogP contribution in [0.3, 0.4) is 0 Å². The summed E-state index contributed by atoms with van der Waals surface area (Å²) in [6, 6.07) is 8.70. The van der Waals surface area contributed by atoms with Gasteiger partial charge in [-0.05, 0) is 29.8 Å². The number of nitrogens with zero attached hydrogens (tertiary/aromatic N) is 1. The number of benzene rings is 2. The summed E-state index contributed by atoms with van der Waals surface area (Å²) in [7, 11) is 0. The van der Waals surface area contributed by atoms with Crippen molar-refractivity contribution in [1.82, 2.24) is 4.90 Å². The van der Waals surface area contributed by atoms with Gasteiger partial charge in [-0.1, -0.05) is 18.2 Å². The molecule has 2 aliphatic rings. The number of fused-ring (bicyclic) bond motifs is 2. The Bertz CT molecular complexity index is 904. The Hall–Kier alpha value is -3.39. The Labute approximate surface area is 147 Å². The van der Waals surface area contributed by atoms with Crippen LogP contribution in [0.5, 0.6) is 11.5 Å². The molecule has 2 atom stereocenters. The predicted octanol–water partition coefficient (Wildman–Crippen LogP) is 1.20. The van der Waals surface area contributed by atoms with Crippen molar-refractivity contribution >= 4 is 17.8 Å². The minimum atomic E-state index is -1.78. The van der Waals surface area contributed by atoms with E-state index in [9.17, 15) is 24.6 Å². The van der Waals surface area contributed by atoms with E-state index in [1.54, 1.807) is 12.1 Å². The molecule has 8 nitrogen and oxygen atoms in total. The Morgan fingerprint density at radius 1 is 1.04 bits per heavy atom. The number of hydrogen-bond donors (Lipinski definition) is 2. The fourth-order valence-corrected chi connectivity index (χ4v) is 3.13. The lowest BCUT2D eigenvalue weighted by atomic mass is 10.1. The van der Waals surface area contributed by atoms with E-state index in [1.807, 2.05) is 0 Å². The number of carboxylic acids is 1. The fraction of sp³-hybridized carbons (Fsp3) is 0.167. The van der Waals surface area contributed by atoms with Crippen LogP contribution in [-0.4, -0.2) is 45.7 Å². The van der Waals surface area contributed by atoms with Gasteiger partial charge in [0.2, 0.25) is 6.79 Å². The van der Waals surface area contributed by atoms with Gasteiger partial charge in [0, 0.05) is 0 Å². The molecule has 2 amide bonds. The number of carbonyl (C=O) groups is 3. The van der Waals surface area contributed by atoms with Crippen LogP contribution < -0.4 is 9.47 Å². The fourth-order valence-electron chi connectivity index (χ4n) is 3.13. The van der Waals surface area contributed by atoms with Crippen LogP contribution in [0, 0.1) is 0 Å². The number of rotatable bonds is 4. The first-order valence-electron chi connectivity index (χ1n) is 7.76. The molecule has 8 heteroatoms. The largest absolute Gasteiger partial charge is 0.480 e.